The van der Waals surface area contributed by atoms with Crippen LogP contribution in [0.2, 0.25) is 0 Å². The van der Waals surface area contributed by atoms with Crippen molar-refractivity contribution in [3.8, 4) is 0 Å². The molecule has 0 aliphatic rings. The number of hydrogen-bond donors (Lipinski definition) is 2. The SMILES string of the molecule is CCC(=O)CCC(=O)NCCN. The van der Waals surface area contributed by atoms with E-state index in [1.54, 1.807) is 6.92 Å². The predicted molar refractivity (Wildman–Crippen MR) is 46.6 cm³/mol. The maximum absolute atomic E-state index is 10.9. The highest BCUT2D eigenvalue weighted by Gasteiger charge is 2.03. The Hall–Kier alpha value is -0.900. The van der Waals surface area contributed by atoms with Crippen molar-refractivity contribution >= 4 is 11.7 Å². The second-order valence-corrected chi connectivity index (χ2v) is 2.53. The van der Waals surface area contributed by atoms with E-state index >= 15 is 0 Å². The first-order valence-corrected chi connectivity index (χ1v) is 4.19. The highest BCUT2D eigenvalue weighted by Crippen LogP contribution is 1.93. The van der Waals surface area contributed by atoms with Crippen molar-refractivity contribution in [1.29, 1.82) is 0 Å². The number of amides is 1. The fourth-order valence-corrected chi connectivity index (χ4v) is 0.730. The van der Waals surface area contributed by atoms with E-state index in [0.717, 1.165) is 0 Å². The standard InChI is InChI=1S/C8H16N2O2/c1-2-7(11)3-4-8(12)10-6-5-9/h2-6,9H2,1H3,(H,10,12). The quantitative estimate of drug-likeness (QED) is 0.583. The third kappa shape index (κ3) is 5.85. The zero-order chi connectivity index (χ0) is 9.40. The van der Waals surface area contributed by atoms with Gasteiger partial charge in [0.1, 0.15) is 5.78 Å². The summed E-state index contributed by atoms with van der Waals surface area (Å²) < 4.78 is 0. The summed E-state index contributed by atoms with van der Waals surface area (Å²) in [6.45, 7) is 2.72. The van der Waals surface area contributed by atoms with Crippen LogP contribution < -0.4 is 11.1 Å². The lowest BCUT2D eigenvalue weighted by Gasteiger charge is -2.01. The topological polar surface area (TPSA) is 72.2 Å². The number of carbonyl (C=O) groups excluding carboxylic acids is 2. The van der Waals surface area contributed by atoms with Gasteiger partial charge in [0.25, 0.3) is 0 Å². The van der Waals surface area contributed by atoms with Crippen LogP contribution in [0.15, 0.2) is 0 Å². The molecule has 0 saturated carbocycles. The number of hydrogen-bond acceptors (Lipinski definition) is 3. The van der Waals surface area contributed by atoms with Crippen LogP contribution in [0.3, 0.4) is 0 Å². The summed E-state index contributed by atoms with van der Waals surface area (Å²) in [5, 5.41) is 2.60. The Labute approximate surface area is 72.5 Å². The second-order valence-electron chi connectivity index (χ2n) is 2.53. The van der Waals surface area contributed by atoms with Crippen molar-refractivity contribution in [2.24, 2.45) is 5.73 Å². The molecule has 0 aromatic heterocycles. The minimum absolute atomic E-state index is 0.0951. The van der Waals surface area contributed by atoms with Gasteiger partial charge in [-0.05, 0) is 0 Å². The molecule has 0 unspecified atom stereocenters. The van der Waals surface area contributed by atoms with Gasteiger partial charge in [-0.3, -0.25) is 9.59 Å². The third-order valence-electron chi connectivity index (χ3n) is 1.49. The Morgan fingerprint density at radius 1 is 1.33 bits per heavy atom. The van der Waals surface area contributed by atoms with Crippen LogP contribution in [0.1, 0.15) is 26.2 Å². The van der Waals surface area contributed by atoms with E-state index in [-0.39, 0.29) is 18.1 Å². The van der Waals surface area contributed by atoms with Gasteiger partial charge in [0.15, 0.2) is 0 Å². The summed E-state index contributed by atoms with van der Waals surface area (Å²) in [7, 11) is 0. The number of nitrogens with one attached hydrogen (secondary N) is 1. The van der Waals surface area contributed by atoms with Crippen LogP contribution in [0.4, 0.5) is 0 Å². The first kappa shape index (κ1) is 11.1. The van der Waals surface area contributed by atoms with Crippen molar-refractivity contribution in [3.63, 3.8) is 0 Å². The summed E-state index contributed by atoms with van der Waals surface area (Å²) in [5.74, 6) is 0.0279. The van der Waals surface area contributed by atoms with Crippen molar-refractivity contribution in [1.82, 2.24) is 5.32 Å². The first-order valence-electron chi connectivity index (χ1n) is 4.19. The van der Waals surface area contributed by atoms with Crippen LogP contribution in [-0.4, -0.2) is 24.8 Å². The van der Waals surface area contributed by atoms with Crippen molar-refractivity contribution in [2.45, 2.75) is 26.2 Å². The molecule has 0 atom stereocenters. The fourth-order valence-electron chi connectivity index (χ4n) is 0.730. The maximum Gasteiger partial charge on any atom is 0.220 e. The van der Waals surface area contributed by atoms with Gasteiger partial charge >= 0.3 is 0 Å². The summed E-state index contributed by atoms with van der Waals surface area (Å²) in [4.78, 5) is 21.7. The minimum atomic E-state index is -0.0951. The van der Waals surface area contributed by atoms with E-state index in [0.29, 0.717) is 25.9 Å². The molecule has 0 aliphatic heterocycles. The number of carbonyl (C=O) groups is 2. The molecule has 0 aliphatic carbocycles. The molecule has 3 N–H and O–H groups in total. The van der Waals surface area contributed by atoms with Crippen molar-refractivity contribution < 1.29 is 9.59 Å². The van der Waals surface area contributed by atoms with Gasteiger partial charge in [0.2, 0.25) is 5.91 Å². The van der Waals surface area contributed by atoms with Gasteiger partial charge in [-0.1, -0.05) is 6.92 Å². The average Bonchev–Trinajstić information content (AvgIpc) is 2.10. The molecule has 12 heavy (non-hydrogen) atoms. The van der Waals surface area contributed by atoms with E-state index in [4.69, 9.17) is 5.73 Å². The minimum Gasteiger partial charge on any atom is -0.355 e. The molecule has 0 rings (SSSR count). The van der Waals surface area contributed by atoms with Gasteiger partial charge in [-0.15, -0.1) is 0 Å². The van der Waals surface area contributed by atoms with Crippen molar-refractivity contribution in [3.05, 3.63) is 0 Å². The number of rotatable bonds is 6. The largest absolute Gasteiger partial charge is 0.355 e. The molecule has 4 heteroatoms. The van der Waals surface area contributed by atoms with Crippen LogP contribution in [-0.2, 0) is 9.59 Å². The lowest BCUT2D eigenvalue weighted by molar-refractivity contribution is -0.125. The number of ketones is 1. The Morgan fingerprint density at radius 3 is 2.50 bits per heavy atom. The summed E-state index contributed by atoms with van der Waals surface area (Å²) in [6, 6.07) is 0. The highest BCUT2D eigenvalue weighted by atomic mass is 16.2. The first-order chi connectivity index (χ1) is 5.70. The predicted octanol–water partition coefficient (Wildman–Crippen LogP) is -0.179. The third-order valence-corrected chi connectivity index (χ3v) is 1.49. The Balaban J connectivity index is 3.37. The Morgan fingerprint density at radius 2 is 2.00 bits per heavy atom. The molecule has 4 nitrogen and oxygen atoms in total. The molecule has 0 fully saturated rings. The van der Waals surface area contributed by atoms with Gasteiger partial charge in [0.05, 0.1) is 0 Å². The van der Waals surface area contributed by atoms with Crippen LogP contribution >= 0.6 is 0 Å². The van der Waals surface area contributed by atoms with E-state index in [9.17, 15) is 9.59 Å². The lowest BCUT2D eigenvalue weighted by atomic mass is 10.2. The molecule has 0 bridgehead atoms. The van der Waals surface area contributed by atoms with Gasteiger partial charge in [-0.2, -0.15) is 0 Å². The van der Waals surface area contributed by atoms with Crippen LogP contribution in [0.25, 0.3) is 0 Å². The van der Waals surface area contributed by atoms with Crippen molar-refractivity contribution in [2.75, 3.05) is 13.1 Å². The monoisotopic (exact) mass is 172 g/mol. The molecule has 70 valence electrons. The molecule has 1 amide bonds. The molecule has 0 spiro atoms. The molecule has 0 saturated heterocycles. The summed E-state index contributed by atoms with van der Waals surface area (Å²) >= 11 is 0. The Kier molecular flexibility index (Phi) is 6.28. The summed E-state index contributed by atoms with van der Waals surface area (Å²) in [5.41, 5.74) is 5.18. The zero-order valence-corrected chi connectivity index (χ0v) is 7.43. The normalized spacial score (nSPS) is 9.50. The molecule has 0 aromatic rings. The molecule has 0 radical (unpaired) electrons. The number of nitrogens with two attached hydrogens (primary N) is 1. The van der Waals surface area contributed by atoms with Gasteiger partial charge < -0.3 is 11.1 Å². The molecule has 0 aromatic carbocycles. The second kappa shape index (κ2) is 6.79. The maximum atomic E-state index is 10.9. The molecule has 0 heterocycles. The van der Waals surface area contributed by atoms with E-state index in [1.165, 1.54) is 0 Å². The fraction of sp³-hybridized carbons (Fsp3) is 0.750. The van der Waals surface area contributed by atoms with Gasteiger partial charge in [-0.25, -0.2) is 0 Å². The van der Waals surface area contributed by atoms with E-state index in [1.807, 2.05) is 0 Å². The van der Waals surface area contributed by atoms with E-state index in [2.05, 4.69) is 5.32 Å². The molecular weight excluding hydrogens is 156 g/mol. The lowest BCUT2D eigenvalue weighted by Crippen LogP contribution is -2.29. The number of Topliss-reactive ketones (excluding diaryl/α,β-unsaturated/α-hetero) is 1. The summed E-state index contributed by atoms with van der Waals surface area (Å²) in [6.07, 6.45) is 1.13. The van der Waals surface area contributed by atoms with E-state index < -0.39 is 0 Å². The Bertz CT molecular complexity index is 157. The average molecular weight is 172 g/mol. The zero-order valence-electron chi connectivity index (χ0n) is 7.43. The van der Waals surface area contributed by atoms with Crippen LogP contribution in [0.5, 0.6) is 0 Å². The smallest absolute Gasteiger partial charge is 0.220 e. The molecular formula is C8H16N2O2. The van der Waals surface area contributed by atoms with Crippen LogP contribution in [0, 0.1) is 0 Å². The highest BCUT2D eigenvalue weighted by molar-refractivity contribution is 5.84. The van der Waals surface area contributed by atoms with Gasteiger partial charge in [0, 0.05) is 32.4 Å².